The molecular formula is C23H32N4O5S2. The summed E-state index contributed by atoms with van der Waals surface area (Å²) < 4.78 is 33.7. The van der Waals surface area contributed by atoms with Crippen LogP contribution in [-0.2, 0) is 26.0 Å². The predicted molar refractivity (Wildman–Crippen MR) is 131 cm³/mol. The molecule has 1 aliphatic rings. The third-order valence-corrected chi connectivity index (χ3v) is 8.36. The van der Waals surface area contributed by atoms with Crippen molar-refractivity contribution in [3.63, 3.8) is 0 Å². The van der Waals surface area contributed by atoms with E-state index < -0.39 is 16.1 Å². The summed E-state index contributed by atoms with van der Waals surface area (Å²) in [7, 11) is -3.77. The number of thiazole rings is 1. The first-order valence-electron chi connectivity index (χ1n) is 11.4. The fourth-order valence-electron chi connectivity index (χ4n) is 4.12. The highest BCUT2D eigenvalue weighted by molar-refractivity contribution is 7.89. The van der Waals surface area contributed by atoms with Gasteiger partial charge in [0.2, 0.25) is 15.9 Å². The third kappa shape index (κ3) is 6.77. The van der Waals surface area contributed by atoms with Gasteiger partial charge in [0.1, 0.15) is 6.10 Å². The summed E-state index contributed by atoms with van der Waals surface area (Å²) in [4.78, 5) is 28.7. The van der Waals surface area contributed by atoms with E-state index in [-0.39, 0.29) is 41.8 Å². The normalized spacial score (nSPS) is 18.6. The van der Waals surface area contributed by atoms with Crippen LogP contribution < -0.4 is 15.8 Å². The molecule has 3 rings (SSSR count). The van der Waals surface area contributed by atoms with Crippen LogP contribution in [0.1, 0.15) is 62.9 Å². The Morgan fingerprint density at radius 3 is 2.56 bits per heavy atom. The summed E-state index contributed by atoms with van der Waals surface area (Å²) in [6, 6.07) is 5.10. The van der Waals surface area contributed by atoms with Crippen molar-refractivity contribution in [2.75, 3.05) is 6.54 Å². The molecule has 0 saturated heterocycles. The molecule has 0 atom stereocenters. The molecule has 2 aromatic rings. The van der Waals surface area contributed by atoms with Crippen LogP contribution >= 0.6 is 11.3 Å². The minimum absolute atomic E-state index is 0.00442. The molecule has 9 nitrogen and oxygen atoms in total. The fourth-order valence-corrected chi connectivity index (χ4v) is 6.62. The number of rotatable bonds is 9. The van der Waals surface area contributed by atoms with Crippen LogP contribution in [0.5, 0.6) is 0 Å². The molecule has 1 aromatic heterocycles. The van der Waals surface area contributed by atoms with Gasteiger partial charge in [0.05, 0.1) is 21.2 Å². The van der Waals surface area contributed by atoms with E-state index in [9.17, 15) is 18.0 Å². The van der Waals surface area contributed by atoms with E-state index in [1.165, 1.54) is 11.3 Å². The first kappa shape index (κ1) is 26.1. The largest absolute Gasteiger partial charge is 0.446 e. The van der Waals surface area contributed by atoms with Crippen LogP contribution in [0.2, 0.25) is 0 Å². The van der Waals surface area contributed by atoms with Crippen molar-refractivity contribution in [2.45, 2.75) is 75.8 Å². The lowest BCUT2D eigenvalue weighted by Gasteiger charge is -2.26. The molecule has 34 heavy (non-hydrogen) atoms. The Morgan fingerprint density at radius 1 is 1.24 bits per heavy atom. The zero-order valence-corrected chi connectivity index (χ0v) is 21.3. The van der Waals surface area contributed by atoms with Gasteiger partial charge in [-0.25, -0.2) is 22.9 Å². The van der Waals surface area contributed by atoms with Gasteiger partial charge < -0.3 is 15.8 Å². The summed E-state index contributed by atoms with van der Waals surface area (Å²) >= 11 is 1.47. The number of aromatic nitrogens is 1. The fraction of sp³-hybridized carbons (Fsp3) is 0.522. The van der Waals surface area contributed by atoms with Crippen LogP contribution in [0.4, 0.5) is 4.79 Å². The zero-order valence-electron chi connectivity index (χ0n) is 19.7. The number of nitrogens with one attached hydrogen (secondary N) is 2. The number of hydrogen-bond acceptors (Lipinski definition) is 7. The molecule has 0 unspecified atom stereocenters. The summed E-state index contributed by atoms with van der Waals surface area (Å²) in [5.74, 6) is 0.0600. The van der Waals surface area contributed by atoms with E-state index in [0.29, 0.717) is 11.1 Å². The van der Waals surface area contributed by atoms with E-state index in [2.05, 4.69) is 15.0 Å². The third-order valence-electron chi connectivity index (χ3n) is 5.58. The van der Waals surface area contributed by atoms with Crippen LogP contribution in [0, 0.1) is 0 Å². The summed E-state index contributed by atoms with van der Waals surface area (Å²) in [6.45, 7) is 5.73. The topological polar surface area (TPSA) is 140 Å². The Labute approximate surface area is 204 Å². The number of carbonyl (C=O) groups is 2. The Balaban J connectivity index is 1.85. The van der Waals surface area contributed by atoms with E-state index >= 15 is 0 Å². The number of primary amides is 1. The van der Waals surface area contributed by atoms with Crippen molar-refractivity contribution in [2.24, 2.45) is 5.73 Å². The number of ether oxygens (including phenoxy) is 1. The molecule has 2 amide bonds. The van der Waals surface area contributed by atoms with Gasteiger partial charge in [0.25, 0.3) is 0 Å². The number of benzene rings is 1. The van der Waals surface area contributed by atoms with Crippen LogP contribution in [0.3, 0.4) is 0 Å². The number of nitrogens with zero attached hydrogens (tertiary/aromatic N) is 1. The molecule has 1 saturated carbocycles. The minimum Gasteiger partial charge on any atom is -0.446 e. The van der Waals surface area contributed by atoms with Gasteiger partial charge in [0.15, 0.2) is 0 Å². The first-order chi connectivity index (χ1) is 16.1. The average Bonchev–Trinajstić information content (AvgIpc) is 3.23. The van der Waals surface area contributed by atoms with E-state index in [0.717, 1.165) is 35.6 Å². The summed E-state index contributed by atoms with van der Waals surface area (Å²) in [5, 5.41) is 3.76. The van der Waals surface area contributed by atoms with Crippen molar-refractivity contribution < 1.29 is 22.7 Å². The lowest BCUT2D eigenvalue weighted by atomic mass is 9.88. The second kappa shape index (κ2) is 11.3. The molecule has 11 heteroatoms. The molecule has 0 aliphatic heterocycles. The molecule has 186 valence electrons. The maximum absolute atomic E-state index is 13.0. The van der Waals surface area contributed by atoms with Gasteiger partial charge in [-0.3, -0.25) is 4.79 Å². The zero-order chi connectivity index (χ0) is 24.9. The molecule has 0 radical (unpaired) electrons. The number of sulfonamides is 1. The van der Waals surface area contributed by atoms with Gasteiger partial charge in [-0.15, -0.1) is 11.3 Å². The number of nitrogens with two attached hydrogens (primary N) is 1. The number of carbonyl (C=O) groups excluding carboxylic acids is 2. The first-order valence-corrected chi connectivity index (χ1v) is 13.7. The van der Waals surface area contributed by atoms with Gasteiger partial charge >= 0.3 is 6.09 Å². The van der Waals surface area contributed by atoms with Crippen molar-refractivity contribution >= 4 is 33.4 Å². The van der Waals surface area contributed by atoms with Crippen molar-refractivity contribution in [3.8, 4) is 10.4 Å². The van der Waals surface area contributed by atoms with Crippen molar-refractivity contribution in [3.05, 3.63) is 35.0 Å². The Morgan fingerprint density at radius 2 is 1.94 bits per heavy atom. The molecule has 1 heterocycles. The molecule has 4 N–H and O–H groups in total. The maximum atomic E-state index is 13.0. The number of hydrogen-bond donors (Lipinski definition) is 3. The van der Waals surface area contributed by atoms with Crippen molar-refractivity contribution in [1.82, 2.24) is 15.0 Å². The second-order valence-electron chi connectivity index (χ2n) is 8.70. The quantitative estimate of drug-likeness (QED) is 0.475. The molecule has 0 spiro atoms. The Kier molecular flexibility index (Phi) is 8.67. The minimum atomic E-state index is -3.77. The maximum Gasteiger partial charge on any atom is 0.404 e. The highest BCUT2D eigenvalue weighted by Gasteiger charge is 2.27. The highest BCUT2D eigenvalue weighted by Crippen LogP contribution is 2.40. The van der Waals surface area contributed by atoms with Gasteiger partial charge in [0, 0.05) is 30.3 Å². The molecule has 0 bridgehead atoms. The molecular weight excluding hydrogens is 476 g/mol. The Hall–Kier alpha value is -2.50. The standard InChI is InChI=1S/C23H32N4O5S2/c1-4-26-34(30,31)20-11-15(12-21(28)27-14(2)3)5-10-18(20)19-13-25-22(33-19)16-6-8-17(9-7-16)32-23(24)29/h5,10-11,13-14,16-17,26H,4,6-9,12H2,1-3H3,(H2,24,29)(H,27,28). The molecule has 1 aromatic carbocycles. The van der Waals surface area contributed by atoms with Gasteiger partial charge in [-0.05, 0) is 51.2 Å². The SMILES string of the molecule is CCNS(=O)(=O)c1cc(CC(=O)NC(C)C)ccc1-c1cnc(C2CCC(OC(N)=O)CC2)s1. The van der Waals surface area contributed by atoms with Gasteiger partial charge in [-0.1, -0.05) is 19.1 Å². The predicted octanol–water partition coefficient (Wildman–Crippen LogP) is 3.30. The average molecular weight is 509 g/mol. The lowest BCUT2D eigenvalue weighted by Crippen LogP contribution is -2.31. The Bertz CT molecular complexity index is 1120. The molecule has 1 fully saturated rings. The van der Waals surface area contributed by atoms with Crippen LogP contribution in [0.15, 0.2) is 29.3 Å². The van der Waals surface area contributed by atoms with E-state index in [1.54, 1.807) is 31.3 Å². The van der Waals surface area contributed by atoms with Crippen LogP contribution in [-0.4, -0.2) is 44.1 Å². The van der Waals surface area contributed by atoms with Crippen molar-refractivity contribution in [1.29, 1.82) is 0 Å². The monoisotopic (exact) mass is 508 g/mol. The van der Waals surface area contributed by atoms with Crippen LogP contribution in [0.25, 0.3) is 10.4 Å². The number of amides is 2. The smallest absolute Gasteiger partial charge is 0.404 e. The second-order valence-corrected chi connectivity index (χ2v) is 11.5. The van der Waals surface area contributed by atoms with E-state index in [1.807, 2.05) is 13.8 Å². The van der Waals surface area contributed by atoms with E-state index in [4.69, 9.17) is 10.5 Å². The summed E-state index contributed by atoms with van der Waals surface area (Å²) in [5.41, 5.74) is 6.30. The summed E-state index contributed by atoms with van der Waals surface area (Å²) in [6.07, 6.45) is 3.96. The molecule has 1 aliphatic carbocycles. The van der Waals surface area contributed by atoms with Gasteiger partial charge in [-0.2, -0.15) is 0 Å². The lowest BCUT2D eigenvalue weighted by molar-refractivity contribution is -0.120. The highest BCUT2D eigenvalue weighted by atomic mass is 32.2.